The molecule has 0 aliphatic carbocycles. The van der Waals surface area contributed by atoms with Crippen molar-refractivity contribution in [2.45, 2.75) is 25.8 Å². The summed E-state index contributed by atoms with van der Waals surface area (Å²) in [4.78, 5) is 14.3. The number of halogens is 1. The van der Waals surface area contributed by atoms with Gasteiger partial charge in [-0.3, -0.25) is 4.98 Å². The number of methoxy groups -OCH3 is 1. The van der Waals surface area contributed by atoms with E-state index in [1.807, 2.05) is 49.3 Å². The maximum atomic E-state index is 14.5. The Morgan fingerprint density at radius 1 is 1.11 bits per heavy atom. The molecule has 0 amide bonds. The third-order valence-electron chi connectivity index (χ3n) is 7.24. The van der Waals surface area contributed by atoms with Crippen LogP contribution in [-0.2, 0) is 11.8 Å². The van der Waals surface area contributed by atoms with Crippen LogP contribution in [-0.4, -0.2) is 44.4 Å². The van der Waals surface area contributed by atoms with Gasteiger partial charge >= 0.3 is 0 Å². The van der Waals surface area contributed by atoms with Crippen LogP contribution in [0.2, 0.25) is 0 Å². The van der Waals surface area contributed by atoms with Gasteiger partial charge in [-0.1, -0.05) is 12.1 Å². The molecule has 1 atom stereocenters. The standard InChI is InChI=1S/C28H28FN5O2/c1-17-26(33(2)16-31-17)20-14-23-25(30-15-20)22-7-8-24(35-3)32-28(22)34(23)27(18-9-11-36-12-10-18)19-5-4-6-21(29)13-19/h4-8,13-16,18,27H,9-12H2,1-3H3. The summed E-state index contributed by atoms with van der Waals surface area (Å²) < 4.78 is 30.0. The highest BCUT2D eigenvalue weighted by molar-refractivity contribution is 6.05. The van der Waals surface area contributed by atoms with Crippen molar-refractivity contribution >= 4 is 22.1 Å². The number of pyridine rings is 2. The lowest BCUT2D eigenvalue weighted by atomic mass is 9.86. The van der Waals surface area contributed by atoms with Crippen molar-refractivity contribution in [2.75, 3.05) is 20.3 Å². The summed E-state index contributed by atoms with van der Waals surface area (Å²) in [6.45, 7) is 3.36. The van der Waals surface area contributed by atoms with Crippen molar-refractivity contribution < 1.29 is 13.9 Å². The first-order chi connectivity index (χ1) is 17.5. The number of fused-ring (bicyclic) bond motifs is 3. The molecule has 0 saturated carbocycles. The molecule has 1 aliphatic rings. The van der Waals surface area contributed by atoms with Gasteiger partial charge in [0.25, 0.3) is 0 Å². The molecule has 0 N–H and O–H groups in total. The second-order valence-corrected chi connectivity index (χ2v) is 9.43. The van der Waals surface area contributed by atoms with E-state index in [1.165, 1.54) is 6.07 Å². The molecule has 5 heterocycles. The molecule has 36 heavy (non-hydrogen) atoms. The summed E-state index contributed by atoms with van der Waals surface area (Å²) in [6.07, 6.45) is 5.46. The summed E-state index contributed by atoms with van der Waals surface area (Å²) in [5, 5.41) is 0.938. The minimum atomic E-state index is -0.250. The fraction of sp³-hybridized carbons (Fsp3) is 0.321. The molecular formula is C28H28FN5O2. The monoisotopic (exact) mass is 485 g/mol. The average Bonchev–Trinajstić information content (AvgIpc) is 3.40. The number of nitrogens with zero attached hydrogens (tertiary/aromatic N) is 5. The first-order valence-corrected chi connectivity index (χ1v) is 12.2. The fourth-order valence-electron chi connectivity index (χ4n) is 5.60. The van der Waals surface area contributed by atoms with Crippen molar-refractivity contribution in [3.63, 3.8) is 0 Å². The maximum absolute atomic E-state index is 14.5. The quantitative estimate of drug-likeness (QED) is 0.331. The summed E-state index contributed by atoms with van der Waals surface area (Å²) in [6, 6.07) is 12.8. The Kier molecular flexibility index (Phi) is 5.68. The number of aryl methyl sites for hydroxylation is 2. The van der Waals surface area contributed by atoms with Crippen molar-refractivity contribution in [1.29, 1.82) is 0 Å². The largest absolute Gasteiger partial charge is 0.481 e. The molecule has 1 saturated heterocycles. The molecule has 5 aromatic rings. The lowest BCUT2D eigenvalue weighted by Crippen LogP contribution is -2.27. The zero-order chi connectivity index (χ0) is 24.8. The van der Waals surface area contributed by atoms with Crippen molar-refractivity contribution in [3.8, 4) is 17.1 Å². The van der Waals surface area contributed by atoms with Crippen molar-refractivity contribution in [3.05, 3.63) is 72.1 Å². The lowest BCUT2D eigenvalue weighted by Gasteiger charge is -2.32. The van der Waals surface area contributed by atoms with Crippen molar-refractivity contribution in [1.82, 2.24) is 24.1 Å². The van der Waals surface area contributed by atoms with Gasteiger partial charge < -0.3 is 18.6 Å². The van der Waals surface area contributed by atoms with Gasteiger partial charge in [0.2, 0.25) is 5.88 Å². The Morgan fingerprint density at radius 2 is 1.94 bits per heavy atom. The summed E-state index contributed by atoms with van der Waals surface area (Å²) in [5.74, 6) is 0.522. The molecule has 6 rings (SSSR count). The molecule has 1 aliphatic heterocycles. The van der Waals surface area contributed by atoms with Gasteiger partial charge in [0, 0.05) is 43.5 Å². The molecule has 7 nitrogen and oxygen atoms in total. The molecule has 0 radical (unpaired) electrons. The van der Waals surface area contributed by atoms with E-state index < -0.39 is 0 Å². The number of ether oxygens (including phenoxy) is 2. The smallest absolute Gasteiger partial charge is 0.214 e. The van der Waals surface area contributed by atoms with Crippen LogP contribution in [0, 0.1) is 18.7 Å². The molecule has 4 aromatic heterocycles. The van der Waals surface area contributed by atoms with Crippen LogP contribution in [0.15, 0.2) is 55.0 Å². The van der Waals surface area contributed by atoms with Gasteiger partial charge in [0.05, 0.1) is 41.9 Å². The molecule has 1 unspecified atom stereocenters. The Balaban J connectivity index is 1.68. The lowest BCUT2D eigenvalue weighted by molar-refractivity contribution is 0.0552. The van der Waals surface area contributed by atoms with Gasteiger partial charge in [0.1, 0.15) is 11.5 Å². The predicted molar refractivity (Wildman–Crippen MR) is 137 cm³/mol. The third kappa shape index (κ3) is 3.73. The van der Waals surface area contributed by atoms with Gasteiger partial charge in [-0.25, -0.2) is 9.37 Å². The molecule has 184 valence electrons. The molecule has 0 bridgehead atoms. The van der Waals surface area contributed by atoms with E-state index in [-0.39, 0.29) is 17.8 Å². The van der Waals surface area contributed by atoms with Gasteiger partial charge in [0.15, 0.2) is 0 Å². The Morgan fingerprint density at radius 3 is 2.67 bits per heavy atom. The van der Waals surface area contributed by atoms with Crippen LogP contribution in [0.4, 0.5) is 4.39 Å². The van der Waals surface area contributed by atoms with E-state index in [9.17, 15) is 4.39 Å². The number of imidazole rings is 1. The van der Waals surface area contributed by atoms with Crippen LogP contribution in [0.3, 0.4) is 0 Å². The number of benzene rings is 1. The predicted octanol–water partition coefficient (Wildman–Crippen LogP) is 5.46. The highest BCUT2D eigenvalue weighted by Gasteiger charge is 2.31. The van der Waals surface area contributed by atoms with Gasteiger partial charge in [-0.2, -0.15) is 4.98 Å². The van der Waals surface area contributed by atoms with E-state index in [1.54, 1.807) is 19.2 Å². The van der Waals surface area contributed by atoms with Gasteiger partial charge in [-0.15, -0.1) is 0 Å². The zero-order valence-corrected chi connectivity index (χ0v) is 20.6. The van der Waals surface area contributed by atoms with Crippen LogP contribution >= 0.6 is 0 Å². The molecule has 1 aromatic carbocycles. The second-order valence-electron chi connectivity index (χ2n) is 9.43. The minimum Gasteiger partial charge on any atom is -0.481 e. The molecular weight excluding hydrogens is 457 g/mol. The first-order valence-electron chi connectivity index (χ1n) is 12.2. The summed E-state index contributed by atoms with van der Waals surface area (Å²) in [5.41, 5.74) is 6.42. The average molecular weight is 486 g/mol. The van der Waals surface area contributed by atoms with E-state index in [0.29, 0.717) is 19.1 Å². The van der Waals surface area contributed by atoms with Crippen LogP contribution in [0.5, 0.6) is 5.88 Å². The highest BCUT2D eigenvalue weighted by Crippen LogP contribution is 2.41. The third-order valence-corrected chi connectivity index (χ3v) is 7.24. The molecule has 0 spiro atoms. The SMILES string of the molecule is COc1ccc2c3ncc(-c4c(C)ncn4C)cc3n(C(c3cccc(F)c3)C3CCOCC3)c2n1. The van der Waals surface area contributed by atoms with Crippen molar-refractivity contribution in [2.24, 2.45) is 13.0 Å². The molecule has 1 fully saturated rings. The molecule has 8 heteroatoms. The second kappa shape index (κ2) is 9.02. The number of hydrogen-bond acceptors (Lipinski definition) is 5. The van der Waals surface area contributed by atoms with E-state index in [0.717, 1.165) is 57.4 Å². The summed E-state index contributed by atoms with van der Waals surface area (Å²) in [7, 11) is 3.60. The maximum Gasteiger partial charge on any atom is 0.214 e. The zero-order valence-electron chi connectivity index (χ0n) is 20.6. The first kappa shape index (κ1) is 22.7. The van der Waals surface area contributed by atoms with Crippen LogP contribution < -0.4 is 4.74 Å². The number of hydrogen-bond donors (Lipinski definition) is 0. The van der Waals surface area contributed by atoms with Crippen LogP contribution in [0.1, 0.15) is 30.1 Å². The normalized spacial score (nSPS) is 15.6. The minimum absolute atomic E-state index is 0.145. The van der Waals surface area contributed by atoms with Gasteiger partial charge in [-0.05, 0) is 55.5 Å². The Bertz CT molecular complexity index is 1550. The van der Waals surface area contributed by atoms with E-state index >= 15 is 0 Å². The van der Waals surface area contributed by atoms with E-state index in [4.69, 9.17) is 19.4 Å². The Labute approximate surface area is 208 Å². The number of aromatic nitrogens is 5. The van der Waals surface area contributed by atoms with E-state index in [2.05, 4.69) is 15.6 Å². The number of rotatable bonds is 5. The topological polar surface area (TPSA) is 67.0 Å². The highest BCUT2D eigenvalue weighted by atomic mass is 19.1. The Hall–Kier alpha value is -3.78. The van der Waals surface area contributed by atoms with Crippen LogP contribution in [0.25, 0.3) is 33.3 Å². The fourth-order valence-corrected chi connectivity index (χ4v) is 5.60. The summed E-state index contributed by atoms with van der Waals surface area (Å²) >= 11 is 0.